The van der Waals surface area contributed by atoms with E-state index in [9.17, 15) is 9.59 Å². The second kappa shape index (κ2) is 12.4. The molecule has 8 nitrogen and oxygen atoms in total. The summed E-state index contributed by atoms with van der Waals surface area (Å²) in [6.07, 6.45) is 3.48. The Balaban J connectivity index is 1.41. The average Bonchev–Trinajstić information content (AvgIpc) is 2.89. The van der Waals surface area contributed by atoms with Crippen molar-refractivity contribution in [3.8, 4) is 0 Å². The van der Waals surface area contributed by atoms with E-state index in [-0.39, 0.29) is 11.8 Å². The number of nitrogens with one attached hydrogen (secondary N) is 1. The Morgan fingerprint density at radius 2 is 1.74 bits per heavy atom. The van der Waals surface area contributed by atoms with Gasteiger partial charge in [0, 0.05) is 61.5 Å². The van der Waals surface area contributed by atoms with Crippen LogP contribution < -0.4 is 10.4 Å². The van der Waals surface area contributed by atoms with Gasteiger partial charge in [0.05, 0.1) is 22.9 Å². The van der Waals surface area contributed by atoms with E-state index < -0.39 is 0 Å². The van der Waals surface area contributed by atoms with Crippen molar-refractivity contribution in [2.45, 2.75) is 4.90 Å². The van der Waals surface area contributed by atoms with Crippen LogP contribution in [0.1, 0.15) is 0 Å². The van der Waals surface area contributed by atoms with Gasteiger partial charge in [0.25, 0.3) is 5.91 Å². The number of carbonyl (C=O) groups excluding carboxylic acids is 2. The van der Waals surface area contributed by atoms with Crippen LogP contribution in [0.2, 0.25) is 0 Å². The van der Waals surface area contributed by atoms with Gasteiger partial charge < -0.3 is 14.7 Å². The highest BCUT2D eigenvalue weighted by molar-refractivity contribution is 8.04. The van der Waals surface area contributed by atoms with Gasteiger partial charge in [0.2, 0.25) is 5.91 Å². The molecule has 3 heterocycles. The normalized spacial score (nSPS) is 16.9. The van der Waals surface area contributed by atoms with Crippen LogP contribution in [0.15, 0.2) is 70.4 Å². The molecule has 0 radical (unpaired) electrons. The van der Waals surface area contributed by atoms with Crippen molar-refractivity contribution in [1.29, 1.82) is 0 Å². The topological polar surface area (TPSA) is 72.0 Å². The number of anilines is 1. The molecule has 0 saturated carbocycles. The molecule has 0 atom stereocenters. The van der Waals surface area contributed by atoms with Gasteiger partial charge in [0.15, 0.2) is 0 Å². The number of piperazine rings is 1. The van der Waals surface area contributed by atoms with Gasteiger partial charge in [-0.1, -0.05) is 18.2 Å². The van der Waals surface area contributed by atoms with E-state index in [1.165, 1.54) is 11.8 Å². The average molecular weight is 513 g/mol. The molecule has 4 rings (SSSR count). The number of pyridine rings is 1. The predicted molar refractivity (Wildman–Crippen MR) is 143 cm³/mol. The largest absolute Gasteiger partial charge is 0.369 e. The fourth-order valence-electron chi connectivity index (χ4n) is 3.94. The fraction of sp³-hybridized carbons (Fsp3) is 0.400. The number of nitrogens with zero attached hydrogens (tertiary/aromatic N) is 5. The maximum absolute atomic E-state index is 13.5. The van der Waals surface area contributed by atoms with Crippen molar-refractivity contribution in [3.05, 3.63) is 65.5 Å². The number of amides is 2. The molecule has 1 saturated heterocycles. The van der Waals surface area contributed by atoms with Gasteiger partial charge in [-0.3, -0.25) is 14.6 Å². The highest BCUT2D eigenvalue weighted by Gasteiger charge is 2.32. The molecule has 0 unspecified atom stereocenters. The molecule has 2 amide bonds. The molecule has 186 valence electrons. The number of benzene rings is 1. The van der Waals surface area contributed by atoms with Gasteiger partial charge >= 0.3 is 0 Å². The molecule has 0 spiro atoms. The van der Waals surface area contributed by atoms with Gasteiger partial charge in [-0.2, -0.15) is 0 Å². The highest BCUT2D eigenvalue weighted by Crippen LogP contribution is 2.30. The van der Waals surface area contributed by atoms with Crippen LogP contribution in [0.25, 0.3) is 0 Å². The zero-order valence-electron chi connectivity index (χ0n) is 20.2. The third-order valence-electron chi connectivity index (χ3n) is 5.89. The number of para-hydroxylation sites is 1. The van der Waals surface area contributed by atoms with Crippen molar-refractivity contribution >= 4 is 41.0 Å². The summed E-state index contributed by atoms with van der Waals surface area (Å²) in [5.41, 5.74) is 5.17. The van der Waals surface area contributed by atoms with Crippen LogP contribution in [-0.4, -0.2) is 96.4 Å². The van der Waals surface area contributed by atoms with Crippen LogP contribution in [0.3, 0.4) is 0 Å². The van der Waals surface area contributed by atoms with Gasteiger partial charge in [-0.05, 0) is 38.4 Å². The molecule has 1 aromatic heterocycles. The second-order valence-corrected chi connectivity index (χ2v) is 10.7. The predicted octanol–water partition coefficient (Wildman–Crippen LogP) is 2.38. The molecule has 1 fully saturated rings. The monoisotopic (exact) mass is 512 g/mol. The molecule has 1 N–H and O–H groups in total. The minimum absolute atomic E-state index is 0.0199. The number of hydrogen-bond donors (Lipinski definition) is 1. The van der Waals surface area contributed by atoms with E-state index in [4.69, 9.17) is 0 Å². The van der Waals surface area contributed by atoms with Gasteiger partial charge in [0.1, 0.15) is 0 Å². The lowest BCUT2D eigenvalue weighted by Gasteiger charge is -2.41. The number of carbonyl (C=O) groups is 2. The van der Waals surface area contributed by atoms with Crippen molar-refractivity contribution < 1.29 is 9.59 Å². The zero-order chi connectivity index (χ0) is 24.6. The molecular formula is C25H32N6O2S2. The zero-order valence-corrected chi connectivity index (χ0v) is 21.9. The first-order valence-electron chi connectivity index (χ1n) is 11.7. The summed E-state index contributed by atoms with van der Waals surface area (Å²) in [4.78, 5) is 38.5. The Morgan fingerprint density at radius 1 is 1.03 bits per heavy atom. The summed E-state index contributed by atoms with van der Waals surface area (Å²) < 4.78 is 0. The van der Waals surface area contributed by atoms with Crippen LogP contribution in [0.4, 0.5) is 5.69 Å². The Morgan fingerprint density at radius 3 is 2.43 bits per heavy atom. The van der Waals surface area contributed by atoms with E-state index >= 15 is 0 Å². The van der Waals surface area contributed by atoms with E-state index in [0.29, 0.717) is 25.4 Å². The highest BCUT2D eigenvalue weighted by atomic mass is 32.2. The number of thioether (sulfide) groups is 2. The van der Waals surface area contributed by atoms with Crippen LogP contribution >= 0.6 is 23.5 Å². The maximum atomic E-state index is 13.5. The molecule has 2 aromatic rings. The van der Waals surface area contributed by atoms with E-state index in [1.807, 2.05) is 61.5 Å². The summed E-state index contributed by atoms with van der Waals surface area (Å²) in [5, 5.41) is 1.65. The molecule has 10 heteroatoms. The molecule has 0 aliphatic carbocycles. The number of rotatable bonds is 9. The minimum Gasteiger partial charge on any atom is -0.369 e. The standard InChI is InChI=1S/C25H32N6O2S2/c1-28(2)16-17-34-24-22(18-27-31(25(24)33)20-6-4-3-5-7-20)29-12-14-30(15-13-29)23(32)19-35-21-8-10-26-11-9-21/h3-11,27H,12-19H2,1-2H3. The van der Waals surface area contributed by atoms with Crippen LogP contribution in [-0.2, 0) is 9.59 Å². The van der Waals surface area contributed by atoms with Crippen molar-refractivity contribution in [2.75, 3.05) is 69.9 Å². The summed E-state index contributed by atoms with van der Waals surface area (Å²) >= 11 is 3.16. The minimum atomic E-state index is -0.0199. The Kier molecular flexibility index (Phi) is 9.08. The molecule has 35 heavy (non-hydrogen) atoms. The molecule has 0 bridgehead atoms. The van der Waals surface area contributed by atoms with Gasteiger partial charge in [-0.15, -0.1) is 23.5 Å². The second-order valence-electron chi connectivity index (χ2n) is 8.58. The van der Waals surface area contributed by atoms with Crippen LogP contribution in [0.5, 0.6) is 0 Å². The molecular weight excluding hydrogens is 480 g/mol. The first kappa shape index (κ1) is 25.6. The molecule has 2 aliphatic rings. The first-order chi connectivity index (χ1) is 17.0. The Bertz CT molecular complexity index is 1030. The number of hydrazine groups is 1. The van der Waals surface area contributed by atoms with Gasteiger partial charge in [-0.25, -0.2) is 10.4 Å². The molecule has 1 aromatic carbocycles. The number of hydrogen-bond acceptors (Lipinski definition) is 8. The Labute approximate surface area is 215 Å². The van der Waals surface area contributed by atoms with Crippen LogP contribution in [0, 0.1) is 0 Å². The first-order valence-corrected chi connectivity index (χ1v) is 13.7. The third-order valence-corrected chi connectivity index (χ3v) is 7.97. The lowest BCUT2D eigenvalue weighted by Crippen LogP contribution is -2.55. The van der Waals surface area contributed by atoms with E-state index in [1.54, 1.807) is 29.2 Å². The quantitative estimate of drug-likeness (QED) is 0.514. The van der Waals surface area contributed by atoms with E-state index in [0.717, 1.165) is 46.6 Å². The SMILES string of the molecule is CN(C)CCSC1=C(N2CCN(C(=O)CSc3ccncc3)CC2)CNN(c2ccccc2)C1=O. The lowest BCUT2D eigenvalue weighted by molar-refractivity contribution is -0.130. The molecule has 2 aliphatic heterocycles. The fourth-order valence-corrected chi connectivity index (χ4v) is 5.97. The summed E-state index contributed by atoms with van der Waals surface area (Å²) in [5.74, 6) is 1.39. The summed E-state index contributed by atoms with van der Waals surface area (Å²) in [7, 11) is 4.08. The number of aromatic nitrogens is 1. The maximum Gasteiger partial charge on any atom is 0.280 e. The summed E-state index contributed by atoms with van der Waals surface area (Å²) in [6.45, 7) is 4.23. The Hall–Kier alpha value is -2.53. The lowest BCUT2D eigenvalue weighted by atomic mass is 10.2. The smallest absolute Gasteiger partial charge is 0.280 e. The van der Waals surface area contributed by atoms with Crippen molar-refractivity contribution in [2.24, 2.45) is 0 Å². The van der Waals surface area contributed by atoms with E-state index in [2.05, 4.69) is 20.2 Å². The van der Waals surface area contributed by atoms with Crippen molar-refractivity contribution in [3.63, 3.8) is 0 Å². The third kappa shape index (κ3) is 6.78. The van der Waals surface area contributed by atoms with Crippen molar-refractivity contribution in [1.82, 2.24) is 25.1 Å². The summed E-state index contributed by atoms with van der Waals surface area (Å²) in [6, 6.07) is 13.5.